The molecule has 0 aromatic heterocycles. The number of carbonyl (C=O) groups excluding carboxylic acids is 2. The number of ether oxygens (including phenoxy) is 1. The molecule has 0 unspecified atom stereocenters. The Balaban J connectivity index is 1.66. The molecule has 3 amide bonds. The molecular weight excluding hydrogens is 544 g/mol. The van der Waals surface area contributed by atoms with Crippen molar-refractivity contribution in [2.45, 2.75) is 76.0 Å². The maximum Gasteiger partial charge on any atom is 0.317 e. The Morgan fingerprint density at radius 3 is 2.49 bits per heavy atom. The van der Waals surface area contributed by atoms with Gasteiger partial charge in [-0.25, -0.2) is 13.2 Å². The molecule has 0 saturated heterocycles. The summed E-state index contributed by atoms with van der Waals surface area (Å²) in [5.41, 5.74) is 1.23. The van der Waals surface area contributed by atoms with E-state index >= 15 is 0 Å². The zero-order chi connectivity index (χ0) is 29.7. The highest BCUT2D eigenvalue weighted by Gasteiger charge is 2.35. The van der Waals surface area contributed by atoms with Gasteiger partial charge < -0.3 is 25.0 Å². The Labute approximate surface area is 243 Å². The van der Waals surface area contributed by atoms with Crippen LogP contribution < -0.4 is 14.8 Å². The molecule has 41 heavy (non-hydrogen) atoms. The van der Waals surface area contributed by atoms with Crippen molar-refractivity contribution in [2.24, 2.45) is 5.92 Å². The van der Waals surface area contributed by atoms with E-state index in [4.69, 9.17) is 4.74 Å². The lowest BCUT2D eigenvalue weighted by Gasteiger charge is -2.38. The molecule has 10 nitrogen and oxygen atoms in total. The molecule has 2 aromatic carbocycles. The molecule has 1 heterocycles. The van der Waals surface area contributed by atoms with Crippen molar-refractivity contribution in [3.05, 3.63) is 53.6 Å². The first-order valence-electron chi connectivity index (χ1n) is 14.3. The zero-order valence-electron chi connectivity index (χ0n) is 24.3. The Morgan fingerprint density at radius 2 is 1.83 bits per heavy atom. The zero-order valence-corrected chi connectivity index (χ0v) is 25.1. The molecule has 1 aliphatic heterocycles. The van der Waals surface area contributed by atoms with Crippen molar-refractivity contribution < 1.29 is 27.9 Å². The van der Waals surface area contributed by atoms with Crippen LogP contribution in [0.15, 0.2) is 47.4 Å². The van der Waals surface area contributed by atoms with Crippen molar-refractivity contribution >= 4 is 27.6 Å². The standard InChI is InChI=1S/C30H42N4O6S/c1-20-13-15-24(16-14-20)41(38,39)32-26-12-8-11-25-28(26)40-27(21(2)17-34(29(25)36)22(3)19-35)18-33(4)30(37)31-23-9-6-5-7-10-23/h8,11-16,21-23,27,32,35H,5-7,9-10,17-19H2,1-4H3,(H,31,37)/t21-,22-,27-/m0/s1. The number of anilines is 1. The van der Waals surface area contributed by atoms with Crippen LogP contribution in [-0.2, 0) is 10.0 Å². The summed E-state index contributed by atoms with van der Waals surface area (Å²) in [7, 11) is -2.28. The maximum absolute atomic E-state index is 13.7. The van der Waals surface area contributed by atoms with E-state index < -0.39 is 22.2 Å². The number of amides is 3. The topological polar surface area (TPSA) is 128 Å². The molecule has 1 saturated carbocycles. The number of rotatable bonds is 8. The lowest BCUT2D eigenvalue weighted by atomic mass is 9.96. The third-order valence-corrected chi connectivity index (χ3v) is 9.38. The van der Waals surface area contributed by atoms with Gasteiger partial charge in [-0.3, -0.25) is 9.52 Å². The third kappa shape index (κ3) is 7.32. The van der Waals surface area contributed by atoms with Crippen LogP contribution in [0, 0.1) is 12.8 Å². The average Bonchev–Trinajstić information content (AvgIpc) is 2.95. The molecule has 1 aliphatic carbocycles. The number of likely N-dealkylation sites (N-methyl/N-ethyl adjacent to an activating group) is 1. The summed E-state index contributed by atoms with van der Waals surface area (Å²) in [6.07, 6.45) is 4.74. The number of hydrogen-bond acceptors (Lipinski definition) is 6. The van der Waals surface area contributed by atoms with E-state index in [1.54, 1.807) is 54.1 Å². The number of aryl methyl sites for hydroxylation is 1. The molecular formula is C30H42N4O6S. The third-order valence-electron chi connectivity index (χ3n) is 8.00. The van der Waals surface area contributed by atoms with Crippen molar-refractivity contribution in [1.29, 1.82) is 0 Å². The average molecular weight is 587 g/mol. The number of urea groups is 1. The summed E-state index contributed by atoms with van der Waals surface area (Å²) in [4.78, 5) is 30.0. The summed E-state index contributed by atoms with van der Waals surface area (Å²) in [6.45, 7) is 5.83. The van der Waals surface area contributed by atoms with Gasteiger partial charge in [0.2, 0.25) is 0 Å². The molecule has 3 N–H and O–H groups in total. The van der Waals surface area contributed by atoms with Gasteiger partial charge >= 0.3 is 6.03 Å². The number of nitrogens with zero attached hydrogens (tertiary/aromatic N) is 2. The van der Waals surface area contributed by atoms with E-state index in [1.165, 1.54) is 18.6 Å². The van der Waals surface area contributed by atoms with Crippen LogP contribution in [0.1, 0.15) is 61.9 Å². The smallest absolute Gasteiger partial charge is 0.317 e. The van der Waals surface area contributed by atoms with Gasteiger partial charge in [-0.05, 0) is 51.0 Å². The molecule has 11 heteroatoms. The van der Waals surface area contributed by atoms with E-state index in [0.717, 1.165) is 31.2 Å². The molecule has 0 spiro atoms. The Morgan fingerprint density at radius 1 is 1.15 bits per heavy atom. The number of benzene rings is 2. The minimum Gasteiger partial charge on any atom is -0.485 e. The molecule has 2 aliphatic rings. The lowest BCUT2D eigenvalue weighted by Crippen LogP contribution is -2.52. The molecule has 224 valence electrons. The summed E-state index contributed by atoms with van der Waals surface area (Å²) in [6, 6.07) is 10.7. The maximum atomic E-state index is 13.7. The van der Waals surface area contributed by atoms with Gasteiger partial charge in [-0.2, -0.15) is 0 Å². The number of aliphatic hydroxyl groups is 1. The molecule has 3 atom stereocenters. The molecule has 0 bridgehead atoms. The highest BCUT2D eigenvalue weighted by atomic mass is 32.2. The van der Waals surface area contributed by atoms with Gasteiger partial charge in [0.1, 0.15) is 6.10 Å². The first-order chi connectivity index (χ1) is 19.5. The SMILES string of the molecule is Cc1ccc(S(=O)(=O)Nc2cccc3c2O[C@@H](CN(C)C(=O)NC2CCCCC2)[C@@H](C)CN([C@@H](C)CO)C3=O)cc1. The van der Waals surface area contributed by atoms with Crippen LogP contribution >= 0.6 is 0 Å². The van der Waals surface area contributed by atoms with Gasteiger partial charge in [-0.15, -0.1) is 0 Å². The second-order valence-corrected chi connectivity index (χ2v) is 13.1. The van der Waals surface area contributed by atoms with Crippen molar-refractivity contribution in [3.8, 4) is 5.75 Å². The Kier molecular flexibility index (Phi) is 9.80. The van der Waals surface area contributed by atoms with Crippen LogP contribution in [0.2, 0.25) is 0 Å². The van der Waals surface area contributed by atoms with Crippen LogP contribution in [-0.4, -0.2) is 80.2 Å². The van der Waals surface area contributed by atoms with Crippen LogP contribution in [0.3, 0.4) is 0 Å². The van der Waals surface area contributed by atoms with E-state index in [-0.39, 0.29) is 58.9 Å². The van der Waals surface area contributed by atoms with Gasteiger partial charge in [-0.1, -0.05) is 49.9 Å². The van der Waals surface area contributed by atoms with E-state index in [2.05, 4.69) is 10.0 Å². The number of fused-ring (bicyclic) bond motifs is 1. The number of sulfonamides is 1. The second kappa shape index (κ2) is 13.1. The van der Waals surface area contributed by atoms with Crippen molar-refractivity contribution in [3.63, 3.8) is 0 Å². The quantitative estimate of drug-likeness (QED) is 0.429. The second-order valence-electron chi connectivity index (χ2n) is 11.4. The fourth-order valence-corrected chi connectivity index (χ4v) is 6.41. The van der Waals surface area contributed by atoms with E-state index in [9.17, 15) is 23.1 Å². The highest BCUT2D eigenvalue weighted by Crippen LogP contribution is 2.36. The number of aliphatic hydroxyl groups excluding tert-OH is 1. The molecule has 0 radical (unpaired) electrons. The Hall–Kier alpha value is -3.31. The molecule has 1 fully saturated rings. The first kappa shape index (κ1) is 30.6. The summed E-state index contributed by atoms with van der Waals surface area (Å²) >= 11 is 0. The minimum atomic E-state index is -3.99. The van der Waals surface area contributed by atoms with Gasteiger partial charge in [0.25, 0.3) is 15.9 Å². The number of carbonyl (C=O) groups is 2. The largest absolute Gasteiger partial charge is 0.485 e. The molecule has 4 rings (SSSR count). The summed E-state index contributed by atoms with van der Waals surface area (Å²) in [5, 5.41) is 13.0. The molecule has 2 aromatic rings. The van der Waals surface area contributed by atoms with Crippen molar-refractivity contribution in [2.75, 3.05) is 31.5 Å². The minimum absolute atomic E-state index is 0.0810. The fraction of sp³-hybridized carbons (Fsp3) is 0.533. The fourth-order valence-electron chi connectivity index (χ4n) is 5.35. The summed E-state index contributed by atoms with van der Waals surface area (Å²) < 4.78 is 35.7. The highest BCUT2D eigenvalue weighted by molar-refractivity contribution is 7.92. The summed E-state index contributed by atoms with van der Waals surface area (Å²) in [5.74, 6) is -0.514. The normalized spacial score (nSPS) is 20.7. The first-order valence-corrected chi connectivity index (χ1v) is 15.8. The van der Waals surface area contributed by atoms with Gasteiger partial charge in [0.15, 0.2) is 5.75 Å². The van der Waals surface area contributed by atoms with Crippen LogP contribution in [0.5, 0.6) is 5.75 Å². The number of hydrogen-bond donors (Lipinski definition) is 3. The predicted octanol–water partition coefficient (Wildman–Crippen LogP) is 3.99. The monoisotopic (exact) mass is 586 g/mol. The van der Waals surface area contributed by atoms with E-state index in [0.29, 0.717) is 6.54 Å². The van der Waals surface area contributed by atoms with Gasteiger partial charge in [0, 0.05) is 25.6 Å². The Bertz CT molecular complexity index is 1330. The lowest BCUT2D eigenvalue weighted by molar-refractivity contribution is 0.0368. The number of nitrogens with one attached hydrogen (secondary N) is 2. The number of para-hydroxylation sites is 1. The van der Waals surface area contributed by atoms with Crippen molar-refractivity contribution in [1.82, 2.24) is 15.1 Å². The van der Waals surface area contributed by atoms with Gasteiger partial charge in [0.05, 0.1) is 35.3 Å². The van der Waals surface area contributed by atoms with Crippen LogP contribution in [0.25, 0.3) is 0 Å². The van der Waals surface area contributed by atoms with Crippen LogP contribution in [0.4, 0.5) is 10.5 Å². The predicted molar refractivity (Wildman–Crippen MR) is 158 cm³/mol. The van der Waals surface area contributed by atoms with E-state index in [1.807, 2.05) is 13.8 Å².